The molecule has 1 N–H and O–H groups in total. The molecular weight excluding hydrogens is 398 g/mol. The van der Waals surface area contributed by atoms with Crippen molar-refractivity contribution in [3.8, 4) is 11.5 Å². The van der Waals surface area contributed by atoms with E-state index < -0.39 is 0 Å². The van der Waals surface area contributed by atoms with Crippen molar-refractivity contribution in [3.63, 3.8) is 0 Å². The Bertz CT molecular complexity index is 945. The first-order chi connectivity index (χ1) is 13.7. The van der Waals surface area contributed by atoms with E-state index >= 15 is 0 Å². The molecule has 0 saturated heterocycles. The van der Waals surface area contributed by atoms with Gasteiger partial charge >= 0.3 is 0 Å². The van der Waals surface area contributed by atoms with E-state index in [9.17, 15) is 4.79 Å². The molecule has 3 aromatic rings. The molecule has 146 valence electrons. The molecule has 1 aliphatic heterocycles. The highest BCUT2D eigenvalue weighted by Gasteiger charge is 2.17. The van der Waals surface area contributed by atoms with Crippen LogP contribution in [0, 0.1) is 0 Å². The Labute approximate surface area is 170 Å². The minimum absolute atomic E-state index is 0.0851. The molecule has 28 heavy (non-hydrogen) atoms. The van der Waals surface area contributed by atoms with Gasteiger partial charge in [0.15, 0.2) is 11.5 Å². The number of nitrogens with zero attached hydrogens (tertiary/aromatic N) is 4. The van der Waals surface area contributed by atoms with E-state index in [4.69, 9.17) is 9.47 Å². The van der Waals surface area contributed by atoms with Crippen molar-refractivity contribution in [2.24, 2.45) is 0 Å². The molecular formula is C18H19N5O3S2. The Balaban J connectivity index is 1.32. The maximum atomic E-state index is 12.4. The van der Waals surface area contributed by atoms with Gasteiger partial charge in [0.25, 0.3) is 0 Å². The van der Waals surface area contributed by atoms with Gasteiger partial charge in [-0.15, -0.1) is 16.4 Å². The van der Waals surface area contributed by atoms with Crippen LogP contribution >= 0.6 is 23.1 Å². The maximum absolute atomic E-state index is 12.4. The summed E-state index contributed by atoms with van der Waals surface area (Å²) in [5.41, 5.74) is 0.963. The fourth-order valence-corrected chi connectivity index (χ4v) is 4.15. The lowest BCUT2D eigenvalue weighted by Gasteiger charge is -2.21. The third kappa shape index (κ3) is 4.45. The zero-order chi connectivity index (χ0) is 19.3. The number of thiophene rings is 1. The molecule has 1 atom stereocenters. The second-order valence-electron chi connectivity index (χ2n) is 6.18. The van der Waals surface area contributed by atoms with Crippen LogP contribution in [0.2, 0.25) is 0 Å². The predicted molar refractivity (Wildman–Crippen MR) is 106 cm³/mol. The number of carbonyl (C=O) groups is 1. The monoisotopic (exact) mass is 417 g/mol. The number of hydrogen-bond acceptors (Lipinski definition) is 8. The summed E-state index contributed by atoms with van der Waals surface area (Å²) in [5.74, 6) is 1.60. The molecule has 0 saturated carbocycles. The first-order valence-corrected chi connectivity index (χ1v) is 10.7. The molecule has 8 nitrogen and oxygen atoms in total. The minimum Gasteiger partial charge on any atom is -0.486 e. The molecule has 0 radical (unpaired) electrons. The van der Waals surface area contributed by atoms with Gasteiger partial charge in [-0.3, -0.25) is 4.79 Å². The highest BCUT2D eigenvalue weighted by Crippen LogP contribution is 2.32. The number of aromatic nitrogens is 4. The van der Waals surface area contributed by atoms with E-state index in [-0.39, 0.29) is 17.7 Å². The number of ether oxygens (including phenoxy) is 2. The zero-order valence-electron chi connectivity index (χ0n) is 15.2. The standard InChI is InChI=1S/C18H19N5O3S2/c1-12(13-4-5-15-16(9-13)26-7-6-25-15)19-17(24)11-28-18-20-21-22-23(18)10-14-3-2-8-27-14/h2-5,8-9,12H,6-7,10-11H2,1H3,(H,19,24). The molecule has 1 amide bonds. The lowest BCUT2D eigenvalue weighted by atomic mass is 10.1. The molecule has 1 aliphatic rings. The third-order valence-corrected chi connectivity index (χ3v) is 5.98. The summed E-state index contributed by atoms with van der Waals surface area (Å²) in [4.78, 5) is 13.5. The summed E-state index contributed by atoms with van der Waals surface area (Å²) < 4.78 is 12.8. The summed E-state index contributed by atoms with van der Waals surface area (Å²) >= 11 is 2.96. The molecule has 10 heteroatoms. The molecule has 0 spiro atoms. The van der Waals surface area contributed by atoms with Crippen molar-refractivity contribution in [1.29, 1.82) is 0 Å². The lowest BCUT2D eigenvalue weighted by Crippen LogP contribution is -2.28. The predicted octanol–water partition coefficient (Wildman–Crippen LogP) is 2.52. The maximum Gasteiger partial charge on any atom is 0.230 e. The van der Waals surface area contributed by atoms with E-state index in [0.717, 1.165) is 16.2 Å². The Morgan fingerprint density at radius 1 is 1.32 bits per heavy atom. The number of tetrazole rings is 1. The average Bonchev–Trinajstić information content (AvgIpc) is 3.38. The number of benzene rings is 1. The summed E-state index contributed by atoms with van der Waals surface area (Å²) in [7, 11) is 0. The lowest BCUT2D eigenvalue weighted by molar-refractivity contribution is -0.119. The van der Waals surface area contributed by atoms with Crippen LogP contribution in [0.3, 0.4) is 0 Å². The Hall–Kier alpha value is -2.59. The van der Waals surface area contributed by atoms with Crippen molar-refractivity contribution in [1.82, 2.24) is 25.5 Å². The zero-order valence-corrected chi connectivity index (χ0v) is 16.8. The summed E-state index contributed by atoms with van der Waals surface area (Å²) in [6, 6.07) is 9.60. The van der Waals surface area contributed by atoms with Gasteiger partial charge in [0.1, 0.15) is 13.2 Å². The van der Waals surface area contributed by atoms with Crippen molar-refractivity contribution in [3.05, 3.63) is 46.2 Å². The van der Waals surface area contributed by atoms with Crippen LogP contribution < -0.4 is 14.8 Å². The molecule has 4 rings (SSSR count). The Morgan fingerprint density at radius 2 is 2.18 bits per heavy atom. The van der Waals surface area contributed by atoms with Gasteiger partial charge in [0.2, 0.25) is 11.1 Å². The number of thioether (sulfide) groups is 1. The summed E-state index contributed by atoms with van der Waals surface area (Å²) in [6.45, 7) is 3.63. The van der Waals surface area contributed by atoms with Gasteiger partial charge in [0, 0.05) is 4.88 Å². The number of rotatable bonds is 7. The van der Waals surface area contributed by atoms with Gasteiger partial charge in [-0.2, -0.15) is 0 Å². The van der Waals surface area contributed by atoms with Crippen LogP contribution in [-0.2, 0) is 11.3 Å². The molecule has 3 heterocycles. The van der Waals surface area contributed by atoms with Crippen molar-refractivity contribution >= 4 is 29.0 Å². The van der Waals surface area contributed by atoms with Crippen LogP contribution in [-0.4, -0.2) is 45.1 Å². The second-order valence-corrected chi connectivity index (χ2v) is 8.15. The van der Waals surface area contributed by atoms with Crippen LogP contribution in [0.15, 0.2) is 40.9 Å². The molecule has 1 aromatic carbocycles. The first-order valence-electron chi connectivity index (χ1n) is 8.79. The highest BCUT2D eigenvalue weighted by molar-refractivity contribution is 7.99. The highest BCUT2D eigenvalue weighted by atomic mass is 32.2. The van der Waals surface area contributed by atoms with E-state index in [1.54, 1.807) is 16.0 Å². The molecule has 0 bridgehead atoms. The summed E-state index contributed by atoms with van der Waals surface area (Å²) in [5, 5.41) is 17.4. The molecule has 2 aromatic heterocycles. The minimum atomic E-state index is -0.147. The number of carbonyl (C=O) groups excluding carboxylic acids is 1. The molecule has 0 aliphatic carbocycles. The second kappa shape index (κ2) is 8.61. The fourth-order valence-electron chi connectivity index (χ4n) is 2.78. The topological polar surface area (TPSA) is 91.2 Å². The van der Waals surface area contributed by atoms with Gasteiger partial charge in [-0.1, -0.05) is 23.9 Å². The molecule has 0 fully saturated rings. The Morgan fingerprint density at radius 3 is 3.00 bits per heavy atom. The quantitative estimate of drug-likeness (QED) is 0.591. The third-order valence-electron chi connectivity index (χ3n) is 4.16. The average molecular weight is 418 g/mol. The van der Waals surface area contributed by atoms with Gasteiger partial charge in [0.05, 0.1) is 18.3 Å². The van der Waals surface area contributed by atoms with E-state index in [0.29, 0.717) is 30.7 Å². The van der Waals surface area contributed by atoms with E-state index in [1.165, 1.54) is 11.8 Å². The number of hydrogen-bond donors (Lipinski definition) is 1. The van der Waals surface area contributed by atoms with Crippen molar-refractivity contribution in [2.75, 3.05) is 19.0 Å². The number of amides is 1. The van der Waals surface area contributed by atoms with E-state index in [2.05, 4.69) is 20.8 Å². The van der Waals surface area contributed by atoms with Crippen LogP contribution in [0.25, 0.3) is 0 Å². The van der Waals surface area contributed by atoms with Gasteiger partial charge in [-0.25, -0.2) is 4.68 Å². The largest absolute Gasteiger partial charge is 0.486 e. The summed E-state index contributed by atoms with van der Waals surface area (Å²) in [6.07, 6.45) is 0. The van der Waals surface area contributed by atoms with Gasteiger partial charge < -0.3 is 14.8 Å². The van der Waals surface area contributed by atoms with Crippen molar-refractivity contribution < 1.29 is 14.3 Å². The fraction of sp³-hybridized carbons (Fsp3) is 0.333. The smallest absolute Gasteiger partial charge is 0.230 e. The Kier molecular flexibility index (Phi) is 5.77. The van der Waals surface area contributed by atoms with Crippen LogP contribution in [0.4, 0.5) is 0 Å². The van der Waals surface area contributed by atoms with Crippen LogP contribution in [0.1, 0.15) is 23.4 Å². The van der Waals surface area contributed by atoms with E-state index in [1.807, 2.05) is 42.6 Å². The van der Waals surface area contributed by atoms with Crippen molar-refractivity contribution in [2.45, 2.75) is 24.7 Å². The normalized spacial score (nSPS) is 13.9. The first kappa shape index (κ1) is 18.8. The number of fused-ring (bicyclic) bond motifs is 1. The number of nitrogens with one attached hydrogen (secondary N) is 1. The van der Waals surface area contributed by atoms with Gasteiger partial charge in [-0.05, 0) is 46.5 Å². The van der Waals surface area contributed by atoms with Crippen LogP contribution in [0.5, 0.6) is 11.5 Å². The molecule has 1 unspecified atom stereocenters. The SMILES string of the molecule is CC(NC(=O)CSc1nnnn1Cc1cccs1)c1ccc2c(c1)OCCO2.